The first-order valence-corrected chi connectivity index (χ1v) is 9.03. The number of hydrogen-bond donors (Lipinski definition) is 2. The maximum Gasteiger partial charge on any atom is 0.325 e. The molecule has 0 unspecified atom stereocenters. The molecule has 0 atom stereocenters. The van der Waals surface area contributed by atoms with Gasteiger partial charge in [-0.1, -0.05) is 11.3 Å². The van der Waals surface area contributed by atoms with Crippen molar-refractivity contribution in [3.63, 3.8) is 0 Å². The molecule has 1 fully saturated rings. The van der Waals surface area contributed by atoms with Crippen LogP contribution in [0, 0.1) is 0 Å². The van der Waals surface area contributed by atoms with Gasteiger partial charge in [0, 0.05) is 30.1 Å². The molecule has 1 aromatic carbocycles. The van der Waals surface area contributed by atoms with Gasteiger partial charge in [-0.15, -0.1) is 11.3 Å². The van der Waals surface area contributed by atoms with Crippen LogP contribution in [0.3, 0.4) is 0 Å². The second-order valence-electron chi connectivity index (χ2n) is 5.22. The highest BCUT2D eigenvalue weighted by Gasteiger charge is 2.32. The third kappa shape index (κ3) is 3.08. The van der Waals surface area contributed by atoms with E-state index in [0.29, 0.717) is 21.5 Å². The van der Waals surface area contributed by atoms with Crippen molar-refractivity contribution in [2.75, 3.05) is 15.5 Å². The first-order valence-electron chi connectivity index (χ1n) is 7.34. The zero-order valence-corrected chi connectivity index (χ0v) is 14.3. The number of anilines is 3. The molecule has 0 spiro atoms. The van der Waals surface area contributed by atoms with E-state index in [-0.39, 0.29) is 24.7 Å². The monoisotopic (exact) mass is 373 g/mol. The fraction of sp³-hybridized carbons (Fsp3) is 0.133. The predicted molar refractivity (Wildman–Crippen MR) is 96.1 cm³/mol. The number of rotatable bonds is 3. The van der Waals surface area contributed by atoms with E-state index in [1.807, 2.05) is 0 Å². The smallest absolute Gasteiger partial charge is 0.308 e. The van der Waals surface area contributed by atoms with E-state index in [1.54, 1.807) is 29.8 Å². The second-order valence-corrected chi connectivity index (χ2v) is 7.12. The topological polar surface area (TPSA) is 104 Å². The van der Waals surface area contributed by atoms with Crippen LogP contribution in [0.4, 0.5) is 20.7 Å². The molecule has 0 aliphatic carbocycles. The van der Waals surface area contributed by atoms with Crippen molar-refractivity contribution in [3.05, 3.63) is 29.8 Å². The Labute approximate surface area is 149 Å². The van der Waals surface area contributed by atoms with Gasteiger partial charge < -0.3 is 5.32 Å². The fourth-order valence-electron chi connectivity index (χ4n) is 2.42. The van der Waals surface area contributed by atoms with Crippen LogP contribution in [0.1, 0.15) is 12.8 Å². The van der Waals surface area contributed by atoms with E-state index in [2.05, 4.69) is 20.6 Å². The number of carbonyl (C=O) groups excluding carboxylic acids is 3. The minimum atomic E-state index is -0.399. The van der Waals surface area contributed by atoms with Crippen molar-refractivity contribution >= 4 is 66.7 Å². The summed E-state index contributed by atoms with van der Waals surface area (Å²) < 4.78 is 0.773. The fourth-order valence-corrected chi connectivity index (χ4v) is 3.98. The Hall–Kier alpha value is -2.85. The van der Waals surface area contributed by atoms with Crippen LogP contribution >= 0.6 is 22.7 Å². The van der Waals surface area contributed by atoms with Crippen LogP contribution in [0.2, 0.25) is 0 Å². The molecule has 1 aliphatic heterocycles. The molecule has 1 saturated heterocycles. The molecule has 3 aromatic rings. The third-order valence-corrected chi connectivity index (χ3v) is 5.22. The van der Waals surface area contributed by atoms with Crippen LogP contribution in [0.15, 0.2) is 29.8 Å². The summed E-state index contributed by atoms with van der Waals surface area (Å²) >= 11 is 2.56. The molecule has 4 amide bonds. The first kappa shape index (κ1) is 15.7. The van der Waals surface area contributed by atoms with Crippen molar-refractivity contribution in [3.8, 4) is 0 Å². The largest absolute Gasteiger partial charge is 0.325 e. The summed E-state index contributed by atoms with van der Waals surface area (Å²) in [5.74, 6) is -0.463. The quantitative estimate of drug-likeness (QED) is 0.687. The summed E-state index contributed by atoms with van der Waals surface area (Å²) in [7, 11) is 0. The third-order valence-electron chi connectivity index (χ3n) is 3.53. The number of fused-ring (bicyclic) bond motifs is 1. The molecule has 10 heteroatoms. The van der Waals surface area contributed by atoms with E-state index in [4.69, 9.17) is 0 Å². The Balaban J connectivity index is 1.55. The van der Waals surface area contributed by atoms with Crippen LogP contribution in [0.5, 0.6) is 0 Å². The molecule has 2 N–H and O–H groups in total. The van der Waals surface area contributed by atoms with Crippen LogP contribution in [-0.2, 0) is 9.59 Å². The van der Waals surface area contributed by atoms with E-state index in [1.165, 1.54) is 22.7 Å². The maximum absolute atomic E-state index is 12.0. The van der Waals surface area contributed by atoms with Crippen molar-refractivity contribution in [1.29, 1.82) is 0 Å². The molecule has 0 saturated carbocycles. The van der Waals surface area contributed by atoms with Gasteiger partial charge in [0.1, 0.15) is 0 Å². The average molecular weight is 373 g/mol. The number of aromatic nitrogens is 2. The van der Waals surface area contributed by atoms with E-state index >= 15 is 0 Å². The number of nitrogens with one attached hydrogen (secondary N) is 2. The summed E-state index contributed by atoms with van der Waals surface area (Å²) in [6, 6.07) is 4.80. The molecule has 126 valence electrons. The zero-order chi connectivity index (χ0) is 17.4. The Bertz CT molecular complexity index is 966. The summed E-state index contributed by atoms with van der Waals surface area (Å²) in [5, 5.41) is 7.98. The van der Waals surface area contributed by atoms with Crippen LogP contribution < -0.4 is 15.5 Å². The lowest BCUT2D eigenvalue weighted by Crippen LogP contribution is -2.28. The van der Waals surface area contributed by atoms with Crippen molar-refractivity contribution < 1.29 is 14.4 Å². The first-order chi connectivity index (χ1) is 12.1. The van der Waals surface area contributed by atoms with Gasteiger partial charge in [-0.2, -0.15) is 0 Å². The lowest BCUT2D eigenvalue weighted by molar-refractivity contribution is -0.121. The Morgan fingerprint density at radius 2 is 1.96 bits per heavy atom. The number of carbonyl (C=O) groups is 3. The Kier molecular flexibility index (Phi) is 3.90. The highest BCUT2D eigenvalue weighted by molar-refractivity contribution is 7.22. The molecule has 0 bridgehead atoms. The van der Waals surface area contributed by atoms with Crippen molar-refractivity contribution in [2.24, 2.45) is 0 Å². The summed E-state index contributed by atoms with van der Waals surface area (Å²) in [6.45, 7) is 0. The molecule has 0 radical (unpaired) electrons. The summed E-state index contributed by atoms with van der Waals surface area (Å²) in [6.07, 6.45) is 2.04. The highest BCUT2D eigenvalue weighted by Crippen LogP contribution is 2.33. The molecule has 2 aromatic heterocycles. The van der Waals surface area contributed by atoms with Gasteiger partial charge >= 0.3 is 6.03 Å². The minimum absolute atomic E-state index is 0.221. The van der Waals surface area contributed by atoms with E-state index in [9.17, 15) is 14.4 Å². The number of amides is 4. The number of hydrogen-bond acceptors (Lipinski definition) is 7. The van der Waals surface area contributed by atoms with Crippen LogP contribution in [0.25, 0.3) is 10.2 Å². The highest BCUT2D eigenvalue weighted by atomic mass is 32.1. The van der Waals surface area contributed by atoms with Gasteiger partial charge in [0.15, 0.2) is 10.3 Å². The van der Waals surface area contributed by atoms with Gasteiger partial charge in [0.05, 0.1) is 10.2 Å². The number of nitrogens with zero attached hydrogens (tertiary/aromatic N) is 3. The number of imide groups is 1. The van der Waals surface area contributed by atoms with Crippen molar-refractivity contribution in [1.82, 2.24) is 9.97 Å². The standard InChI is InChI=1S/C15H11N5O3S2/c21-11-3-4-12(22)20(11)15-18-9-2-1-8(7-10(9)25-15)17-13(23)19-14-16-5-6-24-14/h1-2,5-7H,3-4H2,(H2,16,17,19,23). The Morgan fingerprint density at radius 3 is 2.68 bits per heavy atom. The van der Waals surface area contributed by atoms with Crippen LogP contribution in [-0.4, -0.2) is 27.8 Å². The summed E-state index contributed by atoms with van der Waals surface area (Å²) in [5.41, 5.74) is 1.24. The molecule has 25 heavy (non-hydrogen) atoms. The maximum atomic E-state index is 12.0. The number of thiazole rings is 2. The van der Waals surface area contributed by atoms with E-state index < -0.39 is 6.03 Å². The summed E-state index contributed by atoms with van der Waals surface area (Å²) in [4.78, 5) is 45.1. The van der Waals surface area contributed by atoms with E-state index in [0.717, 1.165) is 9.60 Å². The molecular formula is C15H11N5O3S2. The zero-order valence-electron chi connectivity index (χ0n) is 12.7. The van der Waals surface area contributed by atoms with Gasteiger partial charge in [-0.25, -0.2) is 19.7 Å². The molecule has 3 heterocycles. The molecule has 1 aliphatic rings. The lowest BCUT2D eigenvalue weighted by Gasteiger charge is -2.07. The molecule has 4 rings (SSSR count). The molecular weight excluding hydrogens is 362 g/mol. The average Bonchev–Trinajstić information content (AvgIpc) is 3.28. The predicted octanol–water partition coefficient (Wildman–Crippen LogP) is 3.05. The molecule has 8 nitrogen and oxygen atoms in total. The van der Waals surface area contributed by atoms with Gasteiger partial charge in [-0.05, 0) is 18.2 Å². The van der Waals surface area contributed by atoms with Gasteiger partial charge in [-0.3, -0.25) is 14.9 Å². The van der Waals surface area contributed by atoms with Gasteiger partial charge in [0.25, 0.3) is 0 Å². The Morgan fingerprint density at radius 1 is 1.16 bits per heavy atom. The lowest BCUT2D eigenvalue weighted by atomic mass is 10.3. The number of urea groups is 1. The minimum Gasteiger partial charge on any atom is -0.308 e. The SMILES string of the molecule is O=C(Nc1ccc2nc(N3C(=O)CCC3=O)sc2c1)Nc1nccs1. The number of benzene rings is 1. The van der Waals surface area contributed by atoms with Crippen molar-refractivity contribution in [2.45, 2.75) is 12.8 Å². The normalized spacial score (nSPS) is 14.3. The second kappa shape index (κ2) is 6.22. The van der Waals surface area contributed by atoms with Gasteiger partial charge in [0.2, 0.25) is 11.8 Å².